The minimum atomic E-state index is -3.45. The third kappa shape index (κ3) is 2.50. The van der Waals surface area contributed by atoms with Crippen molar-refractivity contribution in [1.29, 1.82) is 0 Å². The van der Waals surface area contributed by atoms with E-state index in [4.69, 9.17) is 11.6 Å². The molecule has 0 spiro atoms. The third-order valence-corrected chi connectivity index (χ3v) is 4.35. The van der Waals surface area contributed by atoms with Gasteiger partial charge in [-0.25, -0.2) is 8.42 Å². The molecule has 0 atom stereocenters. The Bertz CT molecular complexity index is 415. The van der Waals surface area contributed by atoms with Crippen LogP contribution in [0, 0.1) is 6.92 Å². The molecule has 1 aromatic rings. The second-order valence-electron chi connectivity index (χ2n) is 3.04. The molecule has 0 amide bonds. The Morgan fingerprint density at radius 3 is 2.67 bits per heavy atom. The smallest absolute Gasteiger partial charge is 0.246 e. The first-order valence-electron chi connectivity index (χ1n) is 4.60. The predicted octanol–water partition coefficient (Wildman–Crippen LogP) is 0.968. The third-order valence-electron chi connectivity index (χ3n) is 2.09. The fourth-order valence-corrected chi connectivity index (χ4v) is 3.15. The second-order valence-corrected chi connectivity index (χ2v) is 5.33. The predicted molar refractivity (Wildman–Crippen MR) is 58.5 cm³/mol. The van der Waals surface area contributed by atoms with Crippen molar-refractivity contribution in [3.05, 3.63) is 11.9 Å². The maximum Gasteiger partial charge on any atom is 0.246 e. The molecule has 1 rings (SSSR count). The number of nitrogens with zero attached hydrogens (tertiary/aromatic N) is 2. The zero-order valence-electron chi connectivity index (χ0n) is 8.70. The Labute approximate surface area is 94.5 Å². The van der Waals surface area contributed by atoms with Crippen LogP contribution in [0.4, 0.5) is 0 Å². The summed E-state index contributed by atoms with van der Waals surface area (Å²) in [5, 5.41) is 6.31. The van der Waals surface area contributed by atoms with E-state index in [0.717, 1.165) is 0 Å². The van der Waals surface area contributed by atoms with Gasteiger partial charge in [-0.3, -0.25) is 5.10 Å². The van der Waals surface area contributed by atoms with Gasteiger partial charge in [0.1, 0.15) is 4.90 Å². The van der Waals surface area contributed by atoms with Gasteiger partial charge in [0.25, 0.3) is 0 Å². The van der Waals surface area contributed by atoms with Crippen molar-refractivity contribution in [2.45, 2.75) is 18.7 Å². The van der Waals surface area contributed by atoms with Gasteiger partial charge in [0.05, 0.1) is 11.9 Å². The lowest BCUT2D eigenvalue weighted by molar-refractivity contribution is 0.446. The molecule has 0 saturated carbocycles. The van der Waals surface area contributed by atoms with Gasteiger partial charge in [-0.05, 0) is 6.92 Å². The topological polar surface area (TPSA) is 66.1 Å². The van der Waals surface area contributed by atoms with E-state index in [0.29, 0.717) is 18.8 Å². The van der Waals surface area contributed by atoms with Crippen molar-refractivity contribution in [2.75, 3.05) is 19.0 Å². The molecule has 0 bridgehead atoms. The molecule has 7 heteroatoms. The highest BCUT2D eigenvalue weighted by molar-refractivity contribution is 7.89. The fraction of sp³-hybridized carbons (Fsp3) is 0.625. The van der Waals surface area contributed by atoms with Gasteiger partial charge in [0, 0.05) is 19.0 Å². The molecular weight excluding hydrogens is 238 g/mol. The van der Waals surface area contributed by atoms with Crippen molar-refractivity contribution >= 4 is 21.6 Å². The summed E-state index contributed by atoms with van der Waals surface area (Å²) in [6, 6.07) is 0. The monoisotopic (exact) mass is 251 g/mol. The Morgan fingerprint density at radius 2 is 2.27 bits per heavy atom. The average molecular weight is 252 g/mol. The van der Waals surface area contributed by atoms with Crippen LogP contribution in [0.3, 0.4) is 0 Å². The molecule has 0 aliphatic heterocycles. The number of aryl methyl sites for hydroxylation is 1. The first-order valence-corrected chi connectivity index (χ1v) is 6.57. The van der Waals surface area contributed by atoms with E-state index in [-0.39, 0.29) is 10.8 Å². The minimum absolute atomic E-state index is 0.217. The first-order chi connectivity index (χ1) is 7.04. The van der Waals surface area contributed by atoms with E-state index in [2.05, 4.69) is 10.2 Å². The number of H-pyrrole nitrogens is 1. The molecule has 1 N–H and O–H groups in total. The molecule has 5 nitrogen and oxygen atoms in total. The summed E-state index contributed by atoms with van der Waals surface area (Å²) in [5.74, 6) is 0.282. The summed E-state index contributed by atoms with van der Waals surface area (Å²) in [5.41, 5.74) is 0.544. The number of hydrogen-bond donors (Lipinski definition) is 1. The van der Waals surface area contributed by atoms with Crippen LogP contribution < -0.4 is 0 Å². The Morgan fingerprint density at radius 1 is 1.60 bits per heavy atom. The van der Waals surface area contributed by atoms with Crippen LogP contribution in [0.25, 0.3) is 0 Å². The summed E-state index contributed by atoms with van der Waals surface area (Å²) in [6.07, 6.45) is 1.32. The number of aromatic nitrogens is 2. The fourth-order valence-electron chi connectivity index (χ4n) is 1.28. The number of rotatable bonds is 5. The van der Waals surface area contributed by atoms with Gasteiger partial charge in [0.15, 0.2) is 0 Å². The number of sulfonamides is 1. The first kappa shape index (κ1) is 12.5. The SMILES string of the molecule is CCN(CCCl)S(=O)(=O)c1cn[nH]c1C. The van der Waals surface area contributed by atoms with Crippen LogP contribution in [-0.2, 0) is 10.0 Å². The standard InChI is InChI=1S/C8H14ClN3O2S/c1-3-12(5-4-9)15(13,14)8-6-10-11-7(8)2/h6H,3-5H2,1-2H3,(H,10,11). The lowest BCUT2D eigenvalue weighted by atomic mass is 10.5. The molecule has 0 saturated heterocycles. The van der Waals surface area contributed by atoms with Crippen molar-refractivity contribution < 1.29 is 8.42 Å². The maximum absolute atomic E-state index is 12.0. The normalized spacial score (nSPS) is 12.3. The van der Waals surface area contributed by atoms with Gasteiger partial charge in [0.2, 0.25) is 10.0 Å². The molecular formula is C8H14ClN3O2S. The molecule has 1 heterocycles. The van der Waals surface area contributed by atoms with Crippen molar-refractivity contribution in [3.63, 3.8) is 0 Å². The number of hydrogen-bond acceptors (Lipinski definition) is 3. The van der Waals surface area contributed by atoms with Gasteiger partial charge >= 0.3 is 0 Å². The van der Waals surface area contributed by atoms with Gasteiger partial charge in [-0.2, -0.15) is 9.40 Å². The van der Waals surface area contributed by atoms with E-state index in [1.165, 1.54) is 10.5 Å². The lowest BCUT2D eigenvalue weighted by Gasteiger charge is -2.18. The van der Waals surface area contributed by atoms with Crippen LogP contribution in [0.1, 0.15) is 12.6 Å². The minimum Gasteiger partial charge on any atom is -0.281 e. The molecule has 0 fully saturated rings. The molecule has 1 aromatic heterocycles. The van der Waals surface area contributed by atoms with Crippen molar-refractivity contribution in [2.24, 2.45) is 0 Å². The molecule has 0 aliphatic rings. The molecule has 0 aromatic carbocycles. The molecule has 86 valence electrons. The van der Waals surface area contributed by atoms with E-state index in [9.17, 15) is 8.42 Å². The molecule has 0 unspecified atom stereocenters. The molecule has 0 aliphatic carbocycles. The zero-order chi connectivity index (χ0) is 11.5. The van der Waals surface area contributed by atoms with Crippen LogP contribution in [0.5, 0.6) is 0 Å². The van der Waals surface area contributed by atoms with Crippen LogP contribution in [-0.4, -0.2) is 41.9 Å². The van der Waals surface area contributed by atoms with E-state index in [1.54, 1.807) is 13.8 Å². The van der Waals surface area contributed by atoms with Crippen molar-refractivity contribution in [1.82, 2.24) is 14.5 Å². The second kappa shape index (κ2) is 4.96. The Kier molecular flexibility index (Phi) is 4.12. The van der Waals surface area contributed by atoms with Crippen LogP contribution in [0.2, 0.25) is 0 Å². The number of nitrogens with one attached hydrogen (secondary N) is 1. The van der Waals surface area contributed by atoms with Gasteiger partial charge < -0.3 is 0 Å². The average Bonchev–Trinajstić information content (AvgIpc) is 2.61. The quantitative estimate of drug-likeness (QED) is 0.793. The largest absolute Gasteiger partial charge is 0.281 e. The van der Waals surface area contributed by atoms with Crippen LogP contribution in [0.15, 0.2) is 11.1 Å². The highest BCUT2D eigenvalue weighted by Crippen LogP contribution is 2.17. The van der Waals surface area contributed by atoms with Gasteiger partial charge in [-0.15, -0.1) is 11.6 Å². The van der Waals surface area contributed by atoms with Crippen LogP contribution >= 0.6 is 11.6 Å². The highest BCUT2D eigenvalue weighted by Gasteiger charge is 2.25. The molecule has 0 radical (unpaired) electrons. The zero-order valence-corrected chi connectivity index (χ0v) is 10.3. The highest BCUT2D eigenvalue weighted by atomic mass is 35.5. The van der Waals surface area contributed by atoms with E-state index in [1.807, 2.05) is 0 Å². The van der Waals surface area contributed by atoms with E-state index < -0.39 is 10.0 Å². The summed E-state index contributed by atoms with van der Waals surface area (Å²) in [4.78, 5) is 0.217. The van der Waals surface area contributed by atoms with Crippen molar-refractivity contribution in [3.8, 4) is 0 Å². The molecule has 15 heavy (non-hydrogen) atoms. The lowest BCUT2D eigenvalue weighted by Crippen LogP contribution is -2.32. The Hall–Kier alpha value is -0.590. The Balaban J connectivity index is 3.06. The summed E-state index contributed by atoms with van der Waals surface area (Å²) < 4.78 is 25.4. The van der Waals surface area contributed by atoms with E-state index >= 15 is 0 Å². The number of aromatic amines is 1. The number of alkyl halides is 1. The maximum atomic E-state index is 12.0. The summed E-state index contributed by atoms with van der Waals surface area (Å²) in [6.45, 7) is 4.17. The number of halogens is 1. The summed E-state index contributed by atoms with van der Waals surface area (Å²) in [7, 11) is -3.45. The summed E-state index contributed by atoms with van der Waals surface area (Å²) >= 11 is 5.55. The van der Waals surface area contributed by atoms with Gasteiger partial charge in [-0.1, -0.05) is 6.92 Å².